The zero-order valence-electron chi connectivity index (χ0n) is 13.7. The van der Waals surface area contributed by atoms with Gasteiger partial charge in [0.25, 0.3) is 0 Å². The van der Waals surface area contributed by atoms with E-state index in [0.29, 0.717) is 5.92 Å². The highest BCUT2D eigenvalue weighted by atomic mass is 15.2. The van der Waals surface area contributed by atoms with Crippen LogP contribution in [0.15, 0.2) is 18.2 Å². The number of likely N-dealkylation sites (N-methyl/N-ethyl adjacent to an activating group) is 1. The van der Waals surface area contributed by atoms with E-state index in [1.165, 1.54) is 0 Å². The maximum absolute atomic E-state index is 4.74. The van der Waals surface area contributed by atoms with Crippen LogP contribution in [0.5, 0.6) is 0 Å². The van der Waals surface area contributed by atoms with Crippen LogP contribution in [0.3, 0.4) is 0 Å². The number of hydrogen-bond donors (Lipinski definition) is 1. The Bertz CT molecular complexity index is 376. The molecule has 0 atom stereocenters. The zero-order valence-corrected chi connectivity index (χ0v) is 13.7. The van der Waals surface area contributed by atoms with Gasteiger partial charge in [0.05, 0.1) is 0 Å². The van der Waals surface area contributed by atoms with E-state index in [0.717, 1.165) is 44.2 Å². The minimum atomic E-state index is 0.631. The molecule has 4 heteroatoms. The lowest BCUT2D eigenvalue weighted by molar-refractivity contribution is 0.408. The van der Waals surface area contributed by atoms with E-state index in [4.69, 9.17) is 4.98 Å². The maximum atomic E-state index is 4.74. The summed E-state index contributed by atoms with van der Waals surface area (Å²) in [5, 5.41) is 3.36. The molecule has 0 aliphatic heterocycles. The molecule has 1 N–H and O–H groups in total. The number of anilines is 2. The summed E-state index contributed by atoms with van der Waals surface area (Å²) in [6.07, 6.45) is 1.11. The van der Waals surface area contributed by atoms with E-state index in [2.05, 4.69) is 62.1 Å². The number of aromatic nitrogens is 1. The molecule has 1 aromatic rings. The molecule has 0 saturated heterocycles. The van der Waals surface area contributed by atoms with Gasteiger partial charge in [-0.2, -0.15) is 0 Å². The molecule has 0 aromatic carbocycles. The van der Waals surface area contributed by atoms with Crippen molar-refractivity contribution < 1.29 is 0 Å². The van der Waals surface area contributed by atoms with E-state index in [9.17, 15) is 0 Å². The highest BCUT2D eigenvalue weighted by molar-refractivity contribution is 5.47. The summed E-state index contributed by atoms with van der Waals surface area (Å²) < 4.78 is 0. The van der Waals surface area contributed by atoms with Gasteiger partial charge in [-0.15, -0.1) is 0 Å². The number of rotatable bonds is 9. The van der Waals surface area contributed by atoms with Gasteiger partial charge in [0.15, 0.2) is 0 Å². The Balaban J connectivity index is 2.77. The van der Waals surface area contributed by atoms with Crippen LogP contribution in [0.2, 0.25) is 0 Å². The third-order valence-electron chi connectivity index (χ3n) is 3.02. The fourth-order valence-corrected chi connectivity index (χ4v) is 2.01. The van der Waals surface area contributed by atoms with Crippen LogP contribution in [0.25, 0.3) is 0 Å². The smallest absolute Gasteiger partial charge is 0.131 e. The van der Waals surface area contributed by atoms with E-state index in [1.807, 2.05) is 6.07 Å². The second kappa shape index (κ2) is 8.80. The summed E-state index contributed by atoms with van der Waals surface area (Å²) >= 11 is 0. The van der Waals surface area contributed by atoms with Crippen LogP contribution >= 0.6 is 0 Å². The Kier molecular flexibility index (Phi) is 7.37. The van der Waals surface area contributed by atoms with Gasteiger partial charge in [0.1, 0.15) is 11.6 Å². The number of nitrogens with one attached hydrogen (secondary N) is 1. The summed E-state index contributed by atoms with van der Waals surface area (Å²) in [5.41, 5.74) is 0. The third-order valence-corrected chi connectivity index (χ3v) is 3.02. The van der Waals surface area contributed by atoms with Crippen LogP contribution < -0.4 is 10.2 Å². The van der Waals surface area contributed by atoms with Gasteiger partial charge in [-0.05, 0) is 38.6 Å². The minimum absolute atomic E-state index is 0.631. The summed E-state index contributed by atoms with van der Waals surface area (Å²) in [6.45, 7) is 10.7. The topological polar surface area (TPSA) is 31.4 Å². The molecule has 0 amide bonds. The molecule has 0 radical (unpaired) electrons. The molecule has 0 aliphatic rings. The molecule has 0 spiro atoms. The lowest BCUT2D eigenvalue weighted by Crippen LogP contribution is -2.35. The van der Waals surface area contributed by atoms with Crippen molar-refractivity contribution in [3.05, 3.63) is 18.2 Å². The Morgan fingerprint density at radius 2 is 1.95 bits per heavy atom. The van der Waals surface area contributed by atoms with Crippen molar-refractivity contribution in [3.63, 3.8) is 0 Å². The van der Waals surface area contributed by atoms with Crippen LogP contribution in [-0.2, 0) is 0 Å². The molecule has 0 unspecified atom stereocenters. The van der Waals surface area contributed by atoms with E-state index in [-0.39, 0.29) is 0 Å². The van der Waals surface area contributed by atoms with Crippen molar-refractivity contribution in [3.8, 4) is 0 Å². The number of nitrogens with zero attached hydrogens (tertiary/aromatic N) is 3. The predicted molar refractivity (Wildman–Crippen MR) is 88.6 cm³/mol. The van der Waals surface area contributed by atoms with Crippen LogP contribution in [-0.4, -0.2) is 50.2 Å². The Morgan fingerprint density at radius 1 is 1.20 bits per heavy atom. The molecule has 1 heterocycles. The highest BCUT2D eigenvalue weighted by Crippen LogP contribution is 2.16. The van der Waals surface area contributed by atoms with E-state index < -0.39 is 0 Å². The molecule has 1 aromatic heterocycles. The maximum Gasteiger partial charge on any atom is 0.131 e. The first-order valence-electron chi connectivity index (χ1n) is 7.63. The van der Waals surface area contributed by atoms with E-state index in [1.54, 1.807) is 0 Å². The van der Waals surface area contributed by atoms with Crippen molar-refractivity contribution in [1.29, 1.82) is 0 Å². The van der Waals surface area contributed by atoms with Crippen molar-refractivity contribution in [2.24, 2.45) is 5.92 Å². The molecular weight excluding hydrogens is 248 g/mol. The van der Waals surface area contributed by atoms with Crippen molar-refractivity contribution in [2.75, 3.05) is 50.5 Å². The fraction of sp³-hybridized carbons (Fsp3) is 0.688. The molecule has 0 bridgehead atoms. The largest absolute Gasteiger partial charge is 0.370 e. The molecule has 4 nitrogen and oxygen atoms in total. The first kappa shape index (κ1) is 16.8. The van der Waals surface area contributed by atoms with Gasteiger partial charge in [-0.3, -0.25) is 0 Å². The lowest BCUT2D eigenvalue weighted by atomic mass is 10.2. The average Bonchev–Trinajstić information content (AvgIpc) is 2.41. The summed E-state index contributed by atoms with van der Waals surface area (Å²) in [6, 6.07) is 6.23. The fourth-order valence-electron chi connectivity index (χ4n) is 2.01. The Morgan fingerprint density at radius 3 is 2.55 bits per heavy atom. The summed E-state index contributed by atoms with van der Waals surface area (Å²) in [4.78, 5) is 9.33. The normalized spacial score (nSPS) is 11.2. The Hall–Kier alpha value is -1.29. The molecular formula is C16H30N4. The third kappa shape index (κ3) is 6.24. The van der Waals surface area contributed by atoms with Gasteiger partial charge < -0.3 is 15.1 Å². The number of hydrogen-bond acceptors (Lipinski definition) is 4. The van der Waals surface area contributed by atoms with Crippen molar-refractivity contribution in [1.82, 2.24) is 9.88 Å². The Labute approximate surface area is 124 Å². The monoisotopic (exact) mass is 278 g/mol. The second-order valence-corrected chi connectivity index (χ2v) is 5.95. The summed E-state index contributed by atoms with van der Waals surface area (Å²) in [5.74, 6) is 2.68. The lowest BCUT2D eigenvalue weighted by Gasteiger charge is -2.27. The molecule has 114 valence electrons. The van der Waals surface area contributed by atoms with Gasteiger partial charge in [-0.25, -0.2) is 4.98 Å². The molecule has 1 rings (SSSR count). The van der Waals surface area contributed by atoms with Crippen molar-refractivity contribution >= 4 is 11.6 Å². The standard InChI is InChI=1S/C16H30N4/c1-6-10-17-15-8-7-9-16(18-15)20(13-14(2)3)12-11-19(4)5/h7-9,14H,6,10-13H2,1-5H3,(H,17,18). The van der Waals surface area contributed by atoms with Crippen LogP contribution in [0.1, 0.15) is 27.2 Å². The van der Waals surface area contributed by atoms with Crippen molar-refractivity contribution in [2.45, 2.75) is 27.2 Å². The average molecular weight is 278 g/mol. The quantitative estimate of drug-likeness (QED) is 0.752. The summed E-state index contributed by atoms with van der Waals surface area (Å²) in [7, 11) is 4.22. The molecule has 20 heavy (non-hydrogen) atoms. The second-order valence-electron chi connectivity index (χ2n) is 5.95. The van der Waals surface area contributed by atoms with E-state index >= 15 is 0 Å². The zero-order chi connectivity index (χ0) is 15.0. The first-order chi connectivity index (χ1) is 9.52. The highest BCUT2D eigenvalue weighted by Gasteiger charge is 2.10. The molecule has 0 fully saturated rings. The predicted octanol–water partition coefficient (Wildman–Crippen LogP) is 2.93. The van der Waals surface area contributed by atoms with Gasteiger partial charge in [-0.1, -0.05) is 26.8 Å². The SMILES string of the molecule is CCCNc1cccc(N(CCN(C)C)CC(C)C)n1. The first-order valence-corrected chi connectivity index (χ1v) is 7.63. The van der Waals surface area contributed by atoms with Crippen LogP contribution in [0.4, 0.5) is 11.6 Å². The molecule has 0 saturated carbocycles. The van der Waals surface area contributed by atoms with Gasteiger partial charge in [0, 0.05) is 26.2 Å². The van der Waals surface area contributed by atoms with Crippen LogP contribution in [0, 0.1) is 5.92 Å². The van der Waals surface area contributed by atoms with Gasteiger partial charge in [0.2, 0.25) is 0 Å². The minimum Gasteiger partial charge on any atom is -0.370 e. The van der Waals surface area contributed by atoms with Gasteiger partial charge >= 0.3 is 0 Å². The number of pyridine rings is 1. The molecule has 0 aliphatic carbocycles.